The minimum Gasteiger partial charge on any atom is -0.382 e. The first kappa shape index (κ1) is 7.42. The molecular weight excluding hydrogens is 220 g/mol. The second-order valence-electron chi connectivity index (χ2n) is 2.44. The highest BCUT2D eigenvalue weighted by molar-refractivity contribution is 9.10. The van der Waals surface area contributed by atoms with Gasteiger partial charge in [0.2, 0.25) is 0 Å². The monoisotopic (exact) mass is 226 g/mol. The Labute approximate surface area is 77.3 Å². The SMILES string of the molecule is Nc1cc(-c2cc(Br)c[nH]2)[nH]n1. The van der Waals surface area contributed by atoms with Crippen LogP contribution in [0.5, 0.6) is 0 Å². The molecule has 0 spiro atoms. The van der Waals surface area contributed by atoms with Crippen LogP contribution in [0, 0.1) is 0 Å². The lowest BCUT2D eigenvalue weighted by atomic mass is 10.3. The van der Waals surface area contributed by atoms with Crippen LogP contribution in [0.2, 0.25) is 0 Å². The van der Waals surface area contributed by atoms with Crippen molar-refractivity contribution < 1.29 is 0 Å². The van der Waals surface area contributed by atoms with Crippen molar-refractivity contribution in [2.45, 2.75) is 0 Å². The fourth-order valence-corrected chi connectivity index (χ4v) is 1.34. The number of nitrogens with zero attached hydrogens (tertiary/aromatic N) is 1. The number of halogens is 1. The molecule has 62 valence electrons. The Morgan fingerprint density at radius 1 is 1.33 bits per heavy atom. The molecule has 4 nitrogen and oxygen atoms in total. The fourth-order valence-electron chi connectivity index (χ4n) is 0.999. The molecule has 2 aromatic heterocycles. The van der Waals surface area contributed by atoms with Gasteiger partial charge in [-0.15, -0.1) is 0 Å². The van der Waals surface area contributed by atoms with Crippen molar-refractivity contribution >= 4 is 21.7 Å². The van der Waals surface area contributed by atoms with Gasteiger partial charge < -0.3 is 10.7 Å². The van der Waals surface area contributed by atoms with Gasteiger partial charge in [-0.25, -0.2) is 0 Å². The predicted molar refractivity (Wildman–Crippen MR) is 50.5 cm³/mol. The summed E-state index contributed by atoms with van der Waals surface area (Å²) in [7, 11) is 0. The summed E-state index contributed by atoms with van der Waals surface area (Å²) in [5.74, 6) is 0.496. The lowest BCUT2D eigenvalue weighted by Crippen LogP contribution is -1.81. The largest absolute Gasteiger partial charge is 0.382 e. The maximum absolute atomic E-state index is 5.45. The average Bonchev–Trinajstić information content (AvgIpc) is 2.58. The number of rotatable bonds is 1. The van der Waals surface area contributed by atoms with Gasteiger partial charge in [-0.1, -0.05) is 0 Å². The van der Waals surface area contributed by atoms with Crippen LogP contribution in [0.25, 0.3) is 11.4 Å². The molecule has 0 radical (unpaired) electrons. The van der Waals surface area contributed by atoms with Gasteiger partial charge in [0.1, 0.15) is 5.82 Å². The molecular formula is C7H7BrN4. The lowest BCUT2D eigenvalue weighted by molar-refractivity contribution is 1.10. The highest BCUT2D eigenvalue weighted by atomic mass is 79.9. The topological polar surface area (TPSA) is 70.5 Å². The summed E-state index contributed by atoms with van der Waals surface area (Å²) in [6.45, 7) is 0. The number of H-pyrrole nitrogens is 2. The van der Waals surface area contributed by atoms with Crippen molar-refractivity contribution in [1.29, 1.82) is 0 Å². The van der Waals surface area contributed by atoms with Crippen LogP contribution in [0.15, 0.2) is 22.8 Å². The van der Waals surface area contributed by atoms with E-state index in [2.05, 4.69) is 31.1 Å². The van der Waals surface area contributed by atoms with Crippen LogP contribution in [0.3, 0.4) is 0 Å². The minimum atomic E-state index is 0.496. The van der Waals surface area contributed by atoms with Crippen LogP contribution in [0.4, 0.5) is 5.82 Å². The van der Waals surface area contributed by atoms with Gasteiger partial charge in [-0.05, 0) is 22.0 Å². The van der Waals surface area contributed by atoms with Crippen molar-refractivity contribution in [3.63, 3.8) is 0 Å². The smallest absolute Gasteiger partial charge is 0.145 e. The standard InChI is InChI=1S/C7H7BrN4/c8-4-1-5(10-3-4)6-2-7(9)12-11-6/h1-3,10H,(H3,9,11,12). The predicted octanol–water partition coefficient (Wildman–Crippen LogP) is 1.75. The summed E-state index contributed by atoms with van der Waals surface area (Å²) in [6.07, 6.45) is 1.85. The number of anilines is 1. The summed E-state index contributed by atoms with van der Waals surface area (Å²) < 4.78 is 1.01. The van der Waals surface area contributed by atoms with E-state index in [0.29, 0.717) is 5.82 Å². The average molecular weight is 227 g/mol. The van der Waals surface area contributed by atoms with Gasteiger partial charge in [-0.3, -0.25) is 5.10 Å². The van der Waals surface area contributed by atoms with Gasteiger partial charge in [0.15, 0.2) is 0 Å². The molecule has 0 aliphatic rings. The molecule has 0 bridgehead atoms. The quantitative estimate of drug-likeness (QED) is 0.694. The zero-order valence-electron chi connectivity index (χ0n) is 6.13. The van der Waals surface area contributed by atoms with Gasteiger partial charge in [0.05, 0.1) is 11.4 Å². The summed E-state index contributed by atoms with van der Waals surface area (Å²) in [5.41, 5.74) is 7.31. The van der Waals surface area contributed by atoms with E-state index in [-0.39, 0.29) is 0 Å². The second-order valence-corrected chi connectivity index (χ2v) is 3.35. The Hall–Kier alpha value is -1.23. The molecule has 0 atom stereocenters. The Morgan fingerprint density at radius 3 is 2.67 bits per heavy atom. The van der Waals surface area contributed by atoms with E-state index in [1.165, 1.54) is 0 Å². The van der Waals surface area contributed by atoms with Crippen molar-refractivity contribution in [3.8, 4) is 11.4 Å². The van der Waals surface area contributed by atoms with Crippen LogP contribution < -0.4 is 5.73 Å². The molecule has 0 saturated heterocycles. The van der Waals surface area contributed by atoms with Crippen molar-refractivity contribution in [3.05, 3.63) is 22.8 Å². The second kappa shape index (κ2) is 2.67. The first-order valence-electron chi connectivity index (χ1n) is 3.41. The van der Waals surface area contributed by atoms with Crippen molar-refractivity contribution in [2.75, 3.05) is 5.73 Å². The maximum Gasteiger partial charge on any atom is 0.145 e. The molecule has 0 amide bonds. The number of hydrogen-bond donors (Lipinski definition) is 3. The first-order chi connectivity index (χ1) is 5.75. The van der Waals surface area contributed by atoms with Crippen LogP contribution in [0.1, 0.15) is 0 Å². The number of hydrogen-bond acceptors (Lipinski definition) is 2. The molecule has 0 unspecified atom stereocenters. The highest BCUT2D eigenvalue weighted by Crippen LogP contribution is 2.20. The van der Waals surface area contributed by atoms with E-state index in [9.17, 15) is 0 Å². The number of aromatic nitrogens is 3. The van der Waals surface area contributed by atoms with Crippen molar-refractivity contribution in [1.82, 2.24) is 15.2 Å². The van der Waals surface area contributed by atoms with Crippen LogP contribution in [-0.2, 0) is 0 Å². The Kier molecular flexibility index (Phi) is 1.65. The number of nitrogens with one attached hydrogen (secondary N) is 2. The lowest BCUT2D eigenvalue weighted by Gasteiger charge is -1.87. The van der Waals surface area contributed by atoms with E-state index in [1.54, 1.807) is 6.07 Å². The van der Waals surface area contributed by atoms with Crippen LogP contribution >= 0.6 is 15.9 Å². The molecule has 2 rings (SSSR count). The fraction of sp³-hybridized carbons (Fsp3) is 0. The summed E-state index contributed by atoms with van der Waals surface area (Å²) in [6, 6.07) is 3.73. The van der Waals surface area contributed by atoms with E-state index < -0.39 is 0 Å². The Morgan fingerprint density at radius 2 is 2.17 bits per heavy atom. The molecule has 0 aliphatic heterocycles. The summed E-state index contributed by atoms with van der Waals surface area (Å²) in [4.78, 5) is 3.06. The molecule has 2 heterocycles. The molecule has 0 aliphatic carbocycles. The van der Waals surface area contributed by atoms with Gasteiger partial charge in [0, 0.05) is 16.7 Å². The summed E-state index contributed by atoms with van der Waals surface area (Å²) in [5, 5.41) is 6.63. The Bertz CT molecular complexity index is 351. The molecule has 0 aromatic carbocycles. The van der Waals surface area contributed by atoms with Crippen molar-refractivity contribution in [2.24, 2.45) is 0 Å². The molecule has 12 heavy (non-hydrogen) atoms. The zero-order chi connectivity index (χ0) is 8.55. The normalized spacial score (nSPS) is 10.4. The van der Waals surface area contributed by atoms with E-state index in [0.717, 1.165) is 15.9 Å². The number of nitrogen functional groups attached to an aromatic ring is 1. The number of nitrogens with two attached hydrogens (primary N) is 1. The van der Waals surface area contributed by atoms with E-state index >= 15 is 0 Å². The molecule has 0 saturated carbocycles. The zero-order valence-corrected chi connectivity index (χ0v) is 7.72. The molecule has 2 aromatic rings. The van der Waals surface area contributed by atoms with Gasteiger partial charge in [-0.2, -0.15) is 5.10 Å². The third kappa shape index (κ3) is 1.23. The molecule has 4 N–H and O–H groups in total. The minimum absolute atomic E-state index is 0.496. The molecule has 0 fully saturated rings. The highest BCUT2D eigenvalue weighted by Gasteiger charge is 2.02. The summed E-state index contributed by atoms with van der Waals surface area (Å²) >= 11 is 3.34. The molecule has 5 heteroatoms. The maximum atomic E-state index is 5.45. The third-order valence-electron chi connectivity index (χ3n) is 1.54. The van der Waals surface area contributed by atoms with E-state index in [4.69, 9.17) is 5.73 Å². The van der Waals surface area contributed by atoms with Crippen LogP contribution in [-0.4, -0.2) is 15.2 Å². The third-order valence-corrected chi connectivity index (χ3v) is 1.99. The Balaban J connectivity index is 2.43. The van der Waals surface area contributed by atoms with Gasteiger partial charge >= 0.3 is 0 Å². The van der Waals surface area contributed by atoms with Gasteiger partial charge in [0.25, 0.3) is 0 Å². The van der Waals surface area contributed by atoms with E-state index in [1.807, 2.05) is 12.3 Å². The number of aromatic amines is 2. The first-order valence-corrected chi connectivity index (χ1v) is 4.20.